The molecule has 1 aliphatic carbocycles. The van der Waals surface area contributed by atoms with Crippen LogP contribution in [0.2, 0.25) is 0 Å². The summed E-state index contributed by atoms with van der Waals surface area (Å²) >= 11 is 0. The van der Waals surface area contributed by atoms with Crippen molar-refractivity contribution in [2.24, 2.45) is 0 Å². The lowest BCUT2D eigenvalue weighted by atomic mass is 9.66. The van der Waals surface area contributed by atoms with Crippen LogP contribution in [0.3, 0.4) is 0 Å². The van der Waals surface area contributed by atoms with Crippen LogP contribution in [-0.4, -0.2) is 32.8 Å². The molecular formula is C15H19FN4O2. The second-order valence-electron chi connectivity index (χ2n) is 5.88. The maximum Gasteiger partial charge on any atom is 0.320 e. The van der Waals surface area contributed by atoms with Gasteiger partial charge in [0.2, 0.25) is 0 Å². The lowest BCUT2D eigenvalue weighted by molar-refractivity contribution is -0.162. The number of fused-ring (bicyclic) bond motifs is 1. The van der Waals surface area contributed by atoms with Gasteiger partial charge < -0.3 is 10.5 Å². The average Bonchev–Trinajstić information content (AvgIpc) is 2.81. The van der Waals surface area contributed by atoms with Gasteiger partial charge in [-0.3, -0.25) is 4.79 Å². The van der Waals surface area contributed by atoms with Gasteiger partial charge in [-0.25, -0.2) is 13.9 Å². The fourth-order valence-corrected chi connectivity index (χ4v) is 2.76. The van der Waals surface area contributed by atoms with Gasteiger partial charge in [-0.1, -0.05) is 0 Å². The Morgan fingerprint density at radius 2 is 2.32 bits per heavy atom. The maximum atomic E-state index is 13.7. The molecule has 118 valence electrons. The van der Waals surface area contributed by atoms with E-state index >= 15 is 0 Å². The molecule has 0 bridgehead atoms. The predicted octanol–water partition coefficient (Wildman–Crippen LogP) is 1.94. The van der Waals surface area contributed by atoms with E-state index in [1.807, 2.05) is 0 Å². The number of aromatic nitrogens is 3. The highest BCUT2D eigenvalue weighted by molar-refractivity contribution is 5.84. The Bertz CT molecular complexity index is 828. The van der Waals surface area contributed by atoms with Crippen molar-refractivity contribution in [1.82, 2.24) is 14.6 Å². The van der Waals surface area contributed by atoms with E-state index < -0.39 is 30.5 Å². The van der Waals surface area contributed by atoms with Crippen LogP contribution in [0, 0.1) is 6.85 Å². The van der Waals surface area contributed by atoms with Crippen molar-refractivity contribution in [2.45, 2.75) is 51.2 Å². The highest BCUT2D eigenvalue weighted by Gasteiger charge is 2.56. The molecule has 2 heterocycles. The van der Waals surface area contributed by atoms with Gasteiger partial charge in [0.05, 0.1) is 17.3 Å². The lowest BCUT2D eigenvalue weighted by Gasteiger charge is -2.40. The number of rotatable bonds is 3. The van der Waals surface area contributed by atoms with E-state index in [1.54, 1.807) is 13.8 Å². The molecule has 6 nitrogen and oxygen atoms in total. The zero-order valence-electron chi connectivity index (χ0n) is 15.3. The summed E-state index contributed by atoms with van der Waals surface area (Å²) in [7, 11) is 0. The van der Waals surface area contributed by atoms with Gasteiger partial charge in [0.15, 0.2) is 0 Å². The van der Waals surface area contributed by atoms with Crippen LogP contribution in [0.1, 0.15) is 42.3 Å². The molecular weight excluding hydrogens is 287 g/mol. The first-order valence-corrected chi connectivity index (χ1v) is 7.06. The molecule has 3 rings (SSSR count). The first-order chi connectivity index (χ1) is 11.5. The fraction of sp³-hybridized carbons (Fsp3) is 0.533. The molecule has 0 amide bonds. The van der Waals surface area contributed by atoms with E-state index in [4.69, 9.17) is 14.6 Å². The summed E-state index contributed by atoms with van der Waals surface area (Å²) in [6, 6.07) is 2.93. The molecule has 0 aliphatic heterocycles. The van der Waals surface area contributed by atoms with Crippen molar-refractivity contribution in [2.75, 3.05) is 5.73 Å². The number of esters is 1. The van der Waals surface area contributed by atoms with Crippen molar-refractivity contribution in [3.8, 4) is 0 Å². The molecule has 1 saturated carbocycles. The Balaban J connectivity index is 2.22. The maximum absolute atomic E-state index is 13.7. The average molecular weight is 309 g/mol. The number of imidazole rings is 1. The molecule has 2 N–H and O–H groups in total. The predicted molar refractivity (Wildman–Crippen MR) is 79.2 cm³/mol. The number of nitrogens with zero attached hydrogens (tertiary/aromatic N) is 3. The number of anilines is 1. The number of ether oxygens (including phenoxy) is 1. The van der Waals surface area contributed by atoms with Crippen molar-refractivity contribution < 1.29 is 18.0 Å². The van der Waals surface area contributed by atoms with Crippen LogP contribution in [0.5, 0.6) is 0 Å². The van der Waals surface area contributed by atoms with Crippen molar-refractivity contribution >= 4 is 17.3 Å². The Labute approximate surface area is 131 Å². The molecule has 1 aliphatic rings. The van der Waals surface area contributed by atoms with Gasteiger partial charge in [0, 0.05) is 17.0 Å². The summed E-state index contributed by atoms with van der Waals surface area (Å²) in [5.74, 6) is -0.447. The van der Waals surface area contributed by atoms with Crippen LogP contribution < -0.4 is 5.73 Å². The number of hydrogen-bond donors (Lipinski definition) is 1. The first kappa shape index (κ1) is 11.4. The number of nitrogen functional groups attached to an aromatic ring is 1. The largest absolute Gasteiger partial charge is 0.462 e. The Morgan fingerprint density at radius 3 is 2.91 bits per heavy atom. The number of halogens is 1. The third kappa shape index (κ3) is 2.12. The molecule has 0 spiro atoms. The van der Waals surface area contributed by atoms with Gasteiger partial charge in [0.25, 0.3) is 0 Å². The van der Waals surface area contributed by atoms with E-state index in [9.17, 15) is 9.18 Å². The first-order valence-electron chi connectivity index (χ1n) is 8.56. The van der Waals surface area contributed by atoms with Crippen LogP contribution in [0.25, 0.3) is 5.52 Å². The second kappa shape index (κ2) is 4.93. The van der Waals surface area contributed by atoms with E-state index in [0.29, 0.717) is 0 Å². The normalized spacial score (nSPS) is 27.1. The third-order valence-electron chi connectivity index (χ3n) is 3.82. The minimum Gasteiger partial charge on any atom is -0.462 e. The van der Waals surface area contributed by atoms with E-state index in [-0.39, 0.29) is 35.7 Å². The quantitative estimate of drug-likeness (QED) is 0.876. The van der Waals surface area contributed by atoms with Crippen LogP contribution in [-0.2, 0) is 14.9 Å². The van der Waals surface area contributed by atoms with Gasteiger partial charge in [0.1, 0.15) is 23.2 Å². The van der Waals surface area contributed by atoms with Gasteiger partial charge in [-0.05, 0) is 32.8 Å². The van der Waals surface area contributed by atoms with Crippen molar-refractivity contribution in [3.63, 3.8) is 0 Å². The van der Waals surface area contributed by atoms with Crippen molar-refractivity contribution in [3.05, 3.63) is 23.7 Å². The highest BCUT2D eigenvalue weighted by atomic mass is 19.1. The standard InChI is InChI=1S/C15H19FN4O2/c1-8(2)22-14(21)15(6-10(16)7-15)13-18-9(3)11-4-5-12(17)19-20(11)13/h4-5,8,10H,6-7H2,1-3H3,(H2,17,19)/i3D3. The third-order valence-corrected chi connectivity index (χ3v) is 3.82. The van der Waals surface area contributed by atoms with Crippen LogP contribution >= 0.6 is 0 Å². The Morgan fingerprint density at radius 1 is 1.59 bits per heavy atom. The number of aryl methyl sites for hydroxylation is 1. The van der Waals surface area contributed by atoms with E-state index in [2.05, 4.69) is 10.1 Å². The molecule has 22 heavy (non-hydrogen) atoms. The molecule has 0 saturated heterocycles. The molecule has 7 heteroatoms. The minimum absolute atomic E-state index is 0.0560. The molecule has 0 atom stereocenters. The smallest absolute Gasteiger partial charge is 0.320 e. The summed E-state index contributed by atoms with van der Waals surface area (Å²) in [6.07, 6.45) is -1.85. The zero-order chi connectivity index (χ0) is 18.6. The lowest BCUT2D eigenvalue weighted by Crippen LogP contribution is -2.51. The Kier molecular flexibility index (Phi) is 2.55. The summed E-state index contributed by atoms with van der Waals surface area (Å²) in [5.41, 5.74) is 4.35. The fourth-order valence-electron chi connectivity index (χ4n) is 2.76. The number of hydrogen-bond acceptors (Lipinski definition) is 5. The molecule has 0 unspecified atom stereocenters. The molecule has 2 aromatic heterocycles. The van der Waals surface area contributed by atoms with Gasteiger partial charge in [-0.2, -0.15) is 0 Å². The van der Waals surface area contributed by atoms with E-state index in [1.165, 1.54) is 16.6 Å². The molecule has 0 radical (unpaired) electrons. The summed E-state index contributed by atoms with van der Waals surface area (Å²) < 4.78 is 43.2. The second-order valence-corrected chi connectivity index (χ2v) is 5.88. The zero-order valence-corrected chi connectivity index (χ0v) is 12.3. The molecule has 2 aromatic rings. The summed E-state index contributed by atoms with van der Waals surface area (Å²) in [6.45, 7) is 0.860. The molecule has 0 aromatic carbocycles. The summed E-state index contributed by atoms with van der Waals surface area (Å²) in [5, 5.41) is 4.10. The Hall–Kier alpha value is -2.18. The number of carbonyl (C=O) groups is 1. The number of alkyl halides is 1. The topological polar surface area (TPSA) is 82.5 Å². The van der Waals surface area contributed by atoms with Gasteiger partial charge >= 0.3 is 5.97 Å². The van der Waals surface area contributed by atoms with Gasteiger partial charge in [-0.15, -0.1) is 5.10 Å². The van der Waals surface area contributed by atoms with Crippen LogP contribution in [0.15, 0.2) is 12.1 Å². The minimum atomic E-state index is -2.51. The monoisotopic (exact) mass is 309 g/mol. The highest BCUT2D eigenvalue weighted by Crippen LogP contribution is 2.46. The van der Waals surface area contributed by atoms with E-state index in [0.717, 1.165) is 0 Å². The number of nitrogens with two attached hydrogens (primary N) is 1. The van der Waals surface area contributed by atoms with Crippen molar-refractivity contribution in [1.29, 1.82) is 0 Å². The van der Waals surface area contributed by atoms with Crippen LogP contribution in [0.4, 0.5) is 10.2 Å². The SMILES string of the molecule is [2H]C([2H])([2H])c1nc(C2(C(=O)OC(C)C)CC(F)C2)n2nc(N)ccc12. The number of carbonyl (C=O) groups excluding carboxylic acids is 1. The summed E-state index contributed by atoms with van der Waals surface area (Å²) in [4.78, 5) is 16.8. The molecule has 1 fully saturated rings.